The lowest BCUT2D eigenvalue weighted by atomic mass is 10.1. The van der Waals surface area contributed by atoms with Crippen molar-refractivity contribution in [2.45, 2.75) is 26.4 Å². The van der Waals surface area contributed by atoms with E-state index in [1.165, 1.54) is 12.8 Å². The molecule has 1 aromatic heterocycles. The summed E-state index contributed by atoms with van der Waals surface area (Å²) in [6.07, 6.45) is 2.69. The molecule has 0 radical (unpaired) electrons. The molecule has 0 atom stereocenters. The standard InChI is InChI=1S/C16H20N2O/c1-2-18(10-12-7-8-12)16-9-13(11-19)14-5-3-4-6-15(14)17-16/h3-6,9,12,19H,2,7-8,10-11H2,1H3. The predicted molar refractivity (Wildman–Crippen MR) is 78.3 cm³/mol. The van der Waals surface area contributed by atoms with Crippen LogP contribution in [-0.4, -0.2) is 23.2 Å². The van der Waals surface area contributed by atoms with Gasteiger partial charge in [-0.1, -0.05) is 18.2 Å². The fraction of sp³-hybridized carbons (Fsp3) is 0.438. The van der Waals surface area contributed by atoms with Crippen molar-refractivity contribution >= 4 is 16.7 Å². The summed E-state index contributed by atoms with van der Waals surface area (Å²) in [4.78, 5) is 7.07. The molecule has 0 bridgehead atoms. The number of hydrogen-bond acceptors (Lipinski definition) is 3. The summed E-state index contributed by atoms with van der Waals surface area (Å²) in [5, 5.41) is 10.6. The topological polar surface area (TPSA) is 36.4 Å². The maximum atomic E-state index is 9.56. The maximum Gasteiger partial charge on any atom is 0.129 e. The van der Waals surface area contributed by atoms with Crippen molar-refractivity contribution in [1.82, 2.24) is 4.98 Å². The Hall–Kier alpha value is -1.61. The molecule has 1 N–H and O–H groups in total. The highest BCUT2D eigenvalue weighted by Crippen LogP contribution is 2.32. The van der Waals surface area contributed by atoms with Gasteiger partial charge < -0.3 is 10.0 Å². The molecule has 0 aliphatic heterocycles. The molecular formula is C16H20N2O. The van der Waals surface area contributed by atoms with Crippen molar-refractivity contribution in [2.24, 2.45) is 5.92 Å². The van der Waals surface area contributed by atoms with Crippen molar-refractivity contribution in [3.05, 3.63) is 35.9 Å². The van der Waals surface area contributed by atoms with Gasteiger partial charge in [0.15, 0.2) is 0 Å². The normalized spacial score (nSPS) is 14.8. The maximum absolute atomic E-state index is 9.56. The van der Waals surface area contributed by atoms with Gasteiger partial charge in [0.25, 0.3) is 0 Å². The fourth-order valence-electron chi connectivity index (χ4n) is 2.52. The third-order valence-corrected chi connectivity index (χ3v) is 3.84. The molecule has 0 unspecified atom stereocenters. The number of nitrogens with zero attached hydrogens (tertiary/aromatic N) is 2. The smallest absolute Gasteiger partial charge is 0.129 e. The molecule has 100 valence electrons. The van der Waals surface area contributed by atoms with Crippen molar-refractivity contribution in [3.8, 4) is 0 Å². The third kappa shape index (κ3) is 2.56. The van der Waals surface area contributed by atoms with E-state index in [0.717, 1.165) is 41.3 Å². The lowest BCUT2D eigenvalue weighted by molar-refractivity contribution is 0.283. The summed E-state index contributed by atoms with van der Waals surface area (Å²) in [6.45, 7) is 4.29. The van der Waals surface area contributed by atoms with Crippen LogP contribution in [-0.2, 0) is 6.61 Å². The van der Waals surface area contributed by atoms with Crippen LogP contribution in [0.15, 0.2) is 30.3 Å². The van der Waals surface area contributed by atoms with Crippen LogP contribution in [0.3, 0.4) is 0 Å². The second kappa shape index (κ2) is 5.17. The van der Waals surface area contributed by atoms with Gasteiger partial charge in [0, 0.05) is 18.5 Å². The molecule has 19 heavy (non-hydrogen) atoms. The molecule has 1 saturated carbocycles. The van der Waals surface area contributed by atoms with Crippen LogP contribution in [0, 0.1) is 5.92 Å². The van der Waals surface area contributed by atoms with Gasteiger partial charge in [-0.25, -0.2) is 4.98 Å². The number of hydrogen-bond donors (Lipinski definition) is 1. The molecule has 1 aromatic carbocycles. The van der Waals surface area contributed by atoms with Crippen molar-refractivity contribution in [3.63, 3.8) is 0 Å². The van der Waals surface area contributed by atoms with Crippen molar-refractivity contribution in [2.75, 3.05) is 18.0 Å². The molecule has 1 heterocycles. The number of rotatable bonds is 5. The third-order valence-electron chi connectivity index (χ3n) is 3.84. The summed E-state index contributed by atoms with van der Waals surface area (Å²) in [5.74, 6) is 1.84. The summed E-state index contributed by atoms with van der Waals surface area (Å²) in [6, 6.07) is 10.1. The Morgan fingerprint density at radius 1 is 1.32 bits per heavy atom. The number of para-hydroxylation sites is 1. The van der Waals surface area contributed by atoms with E-state index < -0.39 is 0 Å². The number of fused-ring (bicyclic) bond motifs is 1. The van der Waals surface area contributed by atoms with E-state index in [1.54, 1.807) is 0 Å². The molecule has 1 aliphatic rings. The molecule has 0 amide bonds. The number of aliphatic hydroxyl groups excluding tert-OH is 1. The molecule has 1 aliphatic carbocycles. The Kier molecular flexibility index (Phi) is 3.38. The largest absolute Gasteiger partial charge is 0.392 e. The van der Waals surface area contributed by atoms with Crippen LogP contribution in [0.5, 0.6) is 0 Å². The van der Waals surface area contributed by atoms with Gasteiger partial charge >= 0.3 is 0 Å². The quantitative estimate of drug-likeness (QED) is 0.893. The van der Waals surface area contributed by atoms with E-state index in [-0.39, 0.29) is 6.61 Å². The van der Waals surface area contributed by atoms with Crippen LogP contribution < -0.4 is 4.90 Å². The van der Waals surface area contributed by atoms with E-state index in [9.17, 15) is 5.11 Å². The summed E-state index contributed by atoms with van der Waals surface area (Å²) < 4.78 is 0. The molecule has 0 saturated heterocycles. The van der Waals surface area contributed by atoms with Crippen LogP contribution in [0.2, 0.25) is 0 Å². The van der Waals surface area contributed by atoms with Gasteiger partial charge in [0.2, 0.25) is 0 Å². The Morgan fingerprint density at radius 3 is 2.79 bits per heavy atom. The van der Waals surface area contributed by atoms with Crippen LogP contribution in [0.4, 0.5) is 5.82 Å². The van der Waals surface area contributed by atoms with Gasteiger partial charge in [-0.05, 0) is 43.4 Å². The minimum atomic E-state index is 0.0665. The zero-order valence-electron chi connectivity index (χ0n) is 11.3. The zero-order valence-corrected chi connectivity index (χ0v) is 11.3. The molecule has 2 aromatic rings. The monoisotopic (exact) mass is 256 g/mol. The molecule has 3 rings (SSSR count). The first-order chi connectivity index (χ1) is 9.31. The second-order valence-corrected chi connectivity index (χ2v) is 5.30. The Morgan fingerprint density at radius 2 is 2.11 bits per heavy atom. The Labute approximate surface area is 113 Å². The summed E-state index contributed by atoms with van der Waals surface area (Å²) >= 11 is 0. The van der Waals surface area contributed by atoms with E-state index in [2.05, 4.69) is 11.8 Å². The lowest BCUT2D eigenvalue weighted by Crippen LogP contribution is -2.26. The summed E-state index contributed by atoms with van der Waals surface area (Å²) in [5.41, 5.74) is 1.94. The number of aliphatic hydroxyl groups is 1. The molecule has 3 heteroatoms. The van der Waals surface area contributed by atoms with Crippen LogP contribution in [0.25, 0.3) is 10.9 Å². The predicted octanol–water partition coefficient (Wildman–Crippen LogP) is 2.96. The molecule has 3 nitrogen and oxygen atoms in total. The highest BCUT2D eigenvalue weighted by molar-refractivity contribution is 5.84. The van der Waals surface area contributed by atoms with Crippen LogP contribution >= 0.6 is 0 Å². The highest BCUT2D eigenvalue weighted by atomic mass is 16.3. The van der Waals surface area contributed by atoms with Gasteiger partial charge in [-0.15, -0.1) is 0 Å². The molecular weight excluding hydrogens is 236 g/mol. The van der Waals surface area contributed by atoms with Crippen molar-refractivity contribution in [1.29, 1.82) is 0 Å². The first kappa shape index (κ1) is 12.4. The number of aromatic nitrogens is 1. The number of benzene rings is 1. The minimum Gasteiger partial charge on any atom is -0.392 e. The average Bonchev–Trinajstić information content (AvgIpc) is 3.27. The SMILES string of the molecule is CCN(CC1CC1)c1cc(CO)c2ccccc2n1. The van der Waals surface area contributed by atoms with E-state index in [4.69, 9.17) is 4.98 Å². The first-order valence-electron chi connectivity index (χ1n) is 7.06. The Bertz CT molecular complexity index is 578. The zero-order chi connectivity index (χ0) is 13.2. The second-order valence-electron chi connectivity index (χ2n) is 5.30. The van der Waals surface area contributed by atoms with Gasteiger partial charge in [0.05, 0.1) is 12.1 Å². The lowest BCUT2D eigenvalue weighted by Gasteiger charge is -2.23. The van der Waals surface area contributed by atoms with Crippen molar-refractivity contribution < 1.29 is 5.11 Å². The van der Waals surface area contributed by atoms with Gasteiger partial charge in [0.1, 0.15) is 5.82 Å². The highest BCUT2D eigenvalue weighted by Gasteiger charge is 2.24. The summed E-state index contributed by atoms with van der Waals surface area (Å²) in [7, 11) is 0. The van der Waals surface area contributed by atoms with E-state index in [1.807, 2.05) is 30.3 Å². The number of anilines is 1. The Balaban J connectivity index is 2.02. The first-order valence-corrected chi connectivity index (χ1v) is 7.06. The minimum absolute atomic E-state index is 0.0665. The fourth-order valence-corrected chi connectivity index (χ4v) is 2.52. The van der Waals surface area contributed by atoms with E-state index >= 15 is 0 Å². The van der Waals surface area contributed by atoms with Gasteiger partial charge in [-0.2, -0.15) is 0 Å². The van der Waals surface area contributed by atoms with Gasteiger partial charge in [-0.3, -0.25) is 0 Å². The average molecular weight is 256 g/mol. The molecule has 0 spiro atoms. The van der Waals surface area contributed by atoms with Crippen LogP contribution in [0.1, 0.15) is 25.3 Å². The molecule has 1 fully saturated rings. The van der Waals surface area contributed by atoms with E-state index in [0.29, 0.717) is 0 Å². The number of pyridine rings is 1.